The fourth-order valence-electron chi connectivity index (χ4n) is 2.75. The number of carbonyl (C=O) groups is 1. The molecule has 2 aromatic carbocycles. The molecule has 108 valence electrons. The van der Waals surface area contributed by atoms with Crippen LogP contribution in [0.4, 0.5) is 5.69 Å². The molecule has 0 aliphatic carbocycles. The smallest absolute Gasteiger partial charge is 0.231 e. The molecule has 0 unspecified atom stereocenters. The zero-order valence-corrected chi connectivity index (χ0v) is 12.3. The highest BCUT2D eigenvalue weighted by molar-refractivity contribution is 6.30. The van der Waals surface area contributed by atoms with Gasteiger partial charge in [0.25, 0.3) is 0 Å². The van der Waals surface area contributed by atoms with E-state index in [1.165, 1.54) is 0 Å². The van der Waals surface area contributed by atoms with Gasteiger partial charge in [0.2, 0.25) is 5.91 Å². The SMILES string of the molecule is O=C(Cc1ccc(Cl)cc1)N1CCCc2cccc(O)c21. The number of hydrogen-bond acceptors (Lipinski definition) is 2. The number of fused-ring (bicyclic) bond motifs is 1. The van der Waals surface area contributed by atoms with Crippen LogP contribution in [0, 0.1) is 0 Å². The highest BCUT2D eigenvalue weighted by atomic mass is 35.5. The van der Waals surface area contributed by atoms with Crippen molar-refractivity contribution >= 4 is 23.2 Å². The molecule has 1 amide bonds. The molecular weight excluding hydrogens is 286 g/mol. The standard InChI is InChI=1S/C17H16ClNO2/c18-14-8-6-12(7-9-14)11-16(21)19-10-2-4-13-3-1-5-15(20)17(13)19/h1,3,5-9,20H,2,4,10-11H2. The lowest BCUT2D eigenvalue weighted by Gasteiger charge is -2.30. The van der Waals surface area contributed by atoms with Gasteiger partial charge < -0.3 is 10.0 Å². The van der Waals surface area contributed by atoms with Gasteiger partial charge in [-0.05, 0) is 42.2 Å². The molecular formula is C17H16ClNO2. The van der Waals surface area contributed by atoms with Gasteiger partial charge in [0.05, 0.1) is 12.1 Å². The molecule has 1 N–H and O–H groups in total. The number of carbonyl (C=O) groups excluding carboxylic acids is 1. The second-order valence-corrected chi connectivity index (χ2v) is 5.67. The van der Waals surface area contributed by atoms with Crippen LogP contribution in [-0.2, 0) is 17.6 Å². The fraction of sp³-hybridized carbons (Fsp3) is 0.235. The number of anilines is 1. The summed E-state index contributed by atoms with van der Waals surface area (Å²) in [7, 11) is 0. The van der Waals surface area contributed by atoms with Crippen molar-refractivity contribution in [2.75, 3.05) is 11.4 Å². The second kappa shape index (κ2) is 5.78. The summed E-state index contributed by atoms with van der Waals surface area (Å²) in [5, 5.41) is 10.7. The van der Waals surface area contributed by atoms with Crippen LogP contribution in [0.25, 0.3) is 0 Å². The average molecular weight is 302 g/mol. The van der Waals surface area contributed by atoms with Crippen molar-refractivity contribution < 1.29 is 9.90 Å². The van der Waals surface area contributed by atoms with Gasteiger partial charge in [0.15, 0.2) is 0 Å². The van der Waals surface area contributed by atoms with Crippen molar-refractivity contribution in [3.63, 3.8) is 0 Å². The Morgan fingerprint density at radius 3 is 2.71 bits per heavy atom. The largest absolute Gasteiger partial charge is 0.506 e. The Labute approximate surface area is 128 Å². The maximum Gasteiger partial charge on any atom is 0.231 e. The van der Waals surface area contributed by atoms with E-state index in [0.29, 0.717) is 23.7 Å². The monoisotopic (exact) mass is 301 g/mol. The van der Waals surface area contributed by atoms with E-state index in [2.05, 4.69) is 0 Å². The fourth-order valence-corrected chi connectivity index (χ4v) is 2.88. The van der Waals surface area contributed by atoms with Gasteiger partial charge in [-0.15, -0.1) is 0 Å². The van der Waals surface area contributed by atoms with E-state index in [-0.39, 0.29) is 11.7 Å². The van der Waals surface area contributed by atoms with Gasteiger partial charge >= 0.3 is 0 Å². The average Bonchev–Trinajstić information content (AvgIpc) is 2.49. The van der Waals surface area contributed by atoms with Crippen molar-refractivity contribution in [2.24, 2.45) is 0 Å². The Hall–Kier alpha value is -2.00. The van der Waals surface area contributed by atoms with Crippen molar-refractivity contribution in [1.29, 1.82) is 0 Å². The van der Waals surface area contributed by atoms with Crippen LogP contribution >= 0.6 is 11.6 Å². The van der Waals surface area contributed by atoms with E-state index < -0.39 is 0 Å². The van der Waals surface area contributed by atoms with Crippen molar-refractivity contribution in [2.45, 2.75) is 19.3 Å². The third kappa shape index (κ3) is 2.88. The van der Waals surface area contributed by atoms with E-state index in [1.54, 1.807) is 23.1 Å². The topological polar surface area (TPSA) is 40.5 Å². The van der Waals surface area contributed by atoms with Crippen LogP contribution in [0.1, 0.15) is 17.5 Å². The Morgan fingerprint density at radius 2 is 1.95 bits per heavy atom. The third-order valence-corrected chi connectivity index (χ3v) is 4.02. The molecule has 3 rings (SSSR count). The molecule has 0 aromatic heterocycles. The molecule has 21 heavy (non-hydrogen) atoms. The number of halogens is 1. The van der Waals surface area contributed by atoms with Crippen LogP contribution in [0.3, 0.4) is 0 Å². The summed E-state index contributed by atoms with van der Waals surface area (Å²) >= 11 is 5.86. The van der Waals surface area contributed by atoms with Gasteiger partial charge in [-0.2, -0.15) is 0 Å². The zero-order chi connectivity index (χ0) is 14.8. The van der Waals surface area contributed by atoms with Crippen LogP contribution in [0.5, 0.6) is 5.75 Å². The number of aryl methyl sites for hydroxylation is 1. The molecule has 0 saturated carbocycles. The van der Waals surface area contributed by atoms with Gasteiger partial charge in [0, 0.05) is 11.6 Å². The van der Waals surface area contributed by atoms with Gasteiger partial charge in [-0.1, -0.05) is 35.9 Å². The van der Waals surface area contributed by atoms with Crippen LogP contribution in [-0.4, -0.2) is 17.6 Å². The predicted molar refractivity (Wildman–Crippen MR) is 83.9 cm³/mol. The van der Waals surface area contributed by atoms with Crippen molar-refractivity contribution in [3.8, 4) is 5.75 Å². The molecule has 1 aliphatic rings. The molecule has 0 saturated heterocycles. The number of aromatic hydroxyl groups is 1. The summed E-state index contributed by atoms with van der Waals surface area (Å²) in [6.07, 6.45) is 2.13. The number of para-hydroxylation sites is 1. The lowest BCUT2D eigenvalue weighted by Crippen LogP contribution is -2.36. The summed E-state index contributed by atoms with van der Waals surface area (Å²) in [5.41, 5.74) is 2.63. The highest BCUT2D eigenvalue weighted by Crippen LogP contribution is 2.35. The predicted octanol–water partition coefficient (Wildman–Crippen LogP) is 3.57. The van der Waals surface area contributed by atoms with E-state index in [4.69, 9.17) is 11.6 Å². The number of amides is 1. The Balaban J connectivity index is 1.85. The quantitative estimate of drug-likeness (QED) is 0.921. The normalized spacial score (nSPS) is 13.9. The first-order valence-electron chi connectivity index (χ1n) is 7.01. The minimum absolute atomic E-state index is 0.000211. The highest BCUT2D eigenvalue weighted by Gasteiger charge is 2.25. The van der Waals surface area contributed by atoms with Crippen LogP contribution < -0.4 is 4.90 Å². The Bertz CT molecular complexity index is 667. The number of phenolic OH excluding ortho intramolecular Hbond substituents is 1. The number of phenols is 1. The molecule has 0 radical (unpaired) electrons. The Kier molecular flexibility index (Phi) is 3.84. The van der Waals surface area contributed by atoms with Crippen molar-refractivity contribution in [3.05, 3.63) is 58.6 Å². The number of nitrogens with zero attached hydrogens (tertiary/aromatic N) is 1. The molecule has 4 heteroatoms. The zero-order valence-electron chi connectivity index (χ0n) is 11.6. The van der Waals surface area contributed by atoms with Crippen LogP contribution in [0.2, 0.25) is 5.02 Å². The minimum Gasteiger partial charge on any atom is -0.506 e. The number of hydrogen-bond donors (Lipinski definition) is 1. The molecule has 3 nitrogen and oxygen atoms in total. The van der Waals surface area contributed by atoms with E-state index >= 15 is 0 Å². The first kappa shape index (κ1) is 14.0. The first-order valence-corrected chi connectivity index (χ1v) is 7.38. The van der Waals surface area contributed by atoms with Crippen LogP contribution in [0.15, 0.2) is 42.5 Å². The lowest BCUT2D eigenvalue weighted by molar-refractivity contribution is -0.118. The Morgan fingerprint density at radius 1 is 1.19 bits per heavy atom. The summed E-state index contributed by atoms with van der Waals surface area (Å²) in [5.74, 6) is 0.177. The number of benzene rings is 2. The maximum absolute atomic E-state index is 12.5. The molecule has 1 heterocycles. The van der Waals surface area contributed by atoms with E-state index in [0.717, 1.165) is 24.0 Å². The van der Waals surface area contributed by atoms with Gasteiger partial charge in [-0.25, -0.2) is 0 Å². The van der Waals surface area contributed by atoms with E-state index in [9.17, 15) is 9.90 Å². The first-order chi connectivity index (χ1) is 10.1. The lowest BCUT2D eigenvalue weighted by atomic mass is 10.00. The van der Waals surface area contributed by atoms with Gasteiger partial charge in [0.1, 0.15) is 5.75 Å². The van der Waals surface area contributed by atoms with Crippen molar-refractivity contribution in [1.82, 2.24) is 0 Å². The summed E-state index contributed by atoms with van der Waals surface area (Å²) < 4.78 is 0. The molecule has 0 spiro atoms. The molecule has 0 fully saturated rings. The molecule has 2 aromatic rings. The third-order valence-electron chi connectivity index (χ3n) is 3.77. The molecule has 0 atom stereocenters. The van der Waals surface area contributed by atoms with Gasteiger partial charge in [-0.3, -0.25) is 4.79 Å². The minimum atomic E-state index is -0.000211. The maximum atomic E-state index is 12.5. The van der Waals surface area contributed by atoms with E-state index in [1.807, 2.05) is 24.3 Å². The molecule has 1 aliphatic heterocycles. The molecule has 0 bridgehead atoms. The number of rotatable bonds is 2. The summed E-state index contributed by atoms with van der Waals surface area (Å²) in [4.78, 5) is 14.2. The summed E-state index contributed by atoms with van der Waals surface area (Å²) in [6, 6.07) is 12.7. The summed E-state index contributed by atoms with van der Waals surface area (Å²) in [6.45, 7) is 0.650. The second-order valence-electron chi connectivity index (χ2n) is 5.24.